The summed E-state index contributed by atoms with van der Waals surface area (Å²) in [4.78, 5) is 24.5. The summed E-state index contributed by atoms with van der Waals surface area (Å²) >= 11 is 0. The molecular weight excluding hydrogens is 310 g/mol. The smallest absolute Gasteiger partial charge is 0.349 e. The number of carbonyl (C=O) groups excluding carboxylic acids is 1. The van der Waals surface area contributed by atoms with Crippen LogP contribution in [0.3, 0.4) is 0 Å². The minimum atomic E-state index is -0.724. The van der Waals surface area contributed by atoms with E-state index >= 15 is 0 Å². The Morgan fingerprint density at radius 2 is 1.79 bits per heavy atom. The second kappa shape index (κ2) is 6.45. The molecule has 6 heteroatoms. The van der Waals surface area contributed by atoms with Gasteiger partial charge in [0.1, 0.15) is 11.3 Å². The third kappa shape index (κ3) is 2.94. The third-order valence-electron chi connectivity index (χ3n) is 3.54. The molecule has 2 aromatic carbocycles. The first-order valence-electron chi connectivity index (χ1n) is 7.18. The van der Waals surface area contributed by atoms with E-state index < -0.39 is 11.5 Å². The van der Waals surface area contributed by atoms with Gasteiger partial charge in [0.15, 0.2) is 11.3 Å². The lowest BCUT2D eigenvalue weighted by atomic mass is 10.1. The highest BCUT2D eigenvalue weighted by atomic mass is 16.5. The molecule has 3 aromatic rings. The van der Waals surface area contributed by atoms with E-state index in [1.54, 1.807) is 49.6 Å². The highest BCUT2D eigenvalue weighted by Crippen LogP contribution is 2.24. The Morgan fingerprint density at radius 1 is 1.04 bits per heavy atom. The summed E-state index contributed by atoms with van der Waals surface area (Å²) in [5, 5.41) is 3.26. The van der Waals surface area contributed by atoms with Crippen molar-refractivity contribution < 1.29 is 18.7 Å². The predicted molar refractivity (Wildman–Crippen MR) is 90.0 cm³/mol. The Balaban J connectivity index is 1.94. The van der Waals surface area contributed by atoms with E-state index in [1.165, 1.54) is 13.2 Å². The van der Waals surface area contributed by atoms with Crippen LogP contribution in [0.1, 0.15) is 10.4 Å². The number of rotatable bonds is 4. The molecule has 1 amide bonds. The average molecular weight is 325 g/mol. The normalized spacial score (nSPS) is 10.4. The summed E-state index contributed by atoms with van der Waals surface area (Å²) in [5.41, 5.74) is 0.0570. The Kier molecular flexibility index (Phi) is 4.20. The van der Waals surface area contributed by atoms with Crippen LogP contribution in [-0.2, 0) is 0 Å². The summed E-state index contributed by atoms with van der Waals surface area (Å²) < 4.78 is 15.5. The fourth-order valence-corrected chi connectivity index (χ4v) is 2.31. The van der Waals surface area contributed by atoms with Crippen LogP contribution in [0, 0.1) is 0 Å². The van der Waals surface area contributed by atoms with E-state index in [0.29, 0.717) is 28.2 Å². The molecule has 0 aliphatic rings. The number of methoxy groups -OCH3 is 2. The van der Waals surface area contributed by atoms with Crippen LogP contribution in [0.4, 0.5) is 5.69 Å². The molecule has 0 bridgehead atoms. The number of fused-ring (bicyclic) bond motifs is 1. The maximum Gasteiger partial charge on any atom is 0.349 e. The van der Waals surface area contributed by atoms with Crippen LogP contribution in [0.2, 0.25) is 0 Å². The molecule has 0 radical (unpaired) electrons. The number of ether oxygens (including phenoxy) is 2. The van der Waals surface area contributed by atoms with E-state index in [-0.39, 0.29) is 5.56 Å². The van der Waals surface area contributed by atoms with Gasteiger partial charge in [0, 0.05) is 11.1 Å². The number of nitrogens with one attached hydrogen (secondary N) is 1. The number of amides is 1. The van der Waals surface area contributed by atoms with E-state index in [0.717, 1.165) is 0 Å². The maximum absolute atomic E-state index is 12.4. The number of benzene rings is 2. The Morgan fingerprint density at radius 3 is 2.46 bits per heavy atom. The number of hydrogen-bond donors (Lipinski definition) is 1. The fourth-order valence-electron chi connectivity index (χ4n) is 2.31. The van der Waals surface area contributed by atoms with Gasteiger partial charge in [0.05, 0.1) is 14.2 Å². The maximum atomic E-state index is 12.4. The van der Waals surface area contributed by atoms with Crippen molar-refractivity contribution in [2.75, 3.05) is 19.5 Å². The van der Waals surface area contributed by atoms with Gasteiger partial charge in [-0.25, -0.2) is 4.79 Å². The minimum absolute atomic E-state index is 0.0772. The number of para-hydroxylation sites is 1. The van der Waals surface area contributed by atoms with Crippen molar-refractivity contribution in [2.24, 2.45) is 0 Å². The highest BCUT2D eigenvalue weighted by molar-refractivity contribution is 6.05. The first-order chi connectivity index (χ1) is 11.6. The molecule has 0 unspecified atom stereocenters. The van der Waals surface area contributed by atoms with Crippen molar-refractivity contribution in [3.05, 3.63) is 64.5 Å². The van der Waals surface area contributed by atoms with Crippen LogP contribution in [0.5, 0.6) is 11.5 Å². The van der Waals surface area contributed by atoms with Gasteiger partial charge in [-0.1, -0.05) is 12.1 Å². The van der Waals surface area contributed by atoms with Crippen LogP contribution in [0.25, 0.3) is 11.0 Å². The fraction of sp³-hybridized carbons (Fsp3) is 0.111. The molecule has 0 aliphatic heterocycles. The zero-order valence-electron chi connectivity index (χ0n) is 13.2. The number of hydrogen-bond acceptors (Lipinski definition) is 5. The molecular formula is C18H15NO5. The topological polar surface area (TPSA) is 77.8 Å². The van der Waals surface area contributed by atoms with Crippen molar-refractivity contribution >= 4 is 22.6 Å². The summed E-state index contributed by atoms with van der Waals surface area (Å²) in [5.74, 6) is 0.565. The zero-order valence-corrected chi connectivity index (χ0v) is 13.2. The molecule has 1 heterocycles. The largest absolute Gasteiger partial charge is 0.497 e. The molecule has 122 valence electrons. The van der Waals surface area contributed by atoms with Gasteiger partial charge in [-0.15, -0.1) is 0 Å². The van der Waals surface area contributed by atoms with Crippen molar-refractivity contribution in [3.63, 3.8) is 0 Å². The summed E-state index contributed by atoms with van der Waals surface area (Å²) in [6.07, 6.45) is 0. The summed E-state index contributed by atoms with van der Waals surface area (Å²) in [6.45, 7) is 0. The molecule has 0 spiro atoms. The SMILES string of the molecule is COc1ccc(NC(=O)c2cc3cccc(OC)c3oc2=O)cc1. The molecule has 0 saturated carbocycles. The van der Waals surface area contributed by atoms with Crippen LogP contribution < -0.4 is 20.4 Å². The molecule has 0 atom stereocenters. The molecule has 0 aliphatic carbocycles. The predicted octanol–water partition coefficient (Wildman–Crippen LogP) is 3.06. The second-order valence-corrected chi connectivity index (χ2v) is 5.01. The Labute approximate surface area is 137 Å². The first-order valence-corrected chi connectivity index (χ1v) is 7.18. The lowest BCUT2D eigenvalue weighted by Crippen LogP contribution is -2.20. The van der Waals surface area contributed by atoms with Gasteiger partial charge in [-0.05, 0) is 36.4 Å². The van der Waals surface area contributed by atoms with Gasteiger partial charge in [-0.2, -0.15) is 0 Å². The lowest BCUT2D eigenvalue weighted by molar-refractivity contribution is 0.102. The minimum Gasteiger partial charge on any atom is -0.497 e. The highest BCUT2D eigenvalue weighted by Gasteiger charge is 2.15. The van der Waals surface area contributed by atoms with Crippen molar-refractivity contribution in [3.8, 4) is 11.5 Å². The second-order valence-electron chi connectivity index (χ2n) is 5.01. The van der Waals surface area contributed by atoms with Gasteiger partial charge in [-0.3, -0.25) is 4.79 Å². The molecule has 6 nitrogen and oxygen atoms in total. The van der Waals surface area contributed by atoms with Crippen LogP contribution in [0.15, 0.2) is 57.7 Å². The third-order valence-corrected chi connectivity index (χ3v) is 3.54. The Bertz CT molecular complexity index is 944. The average Bonchev–Trinajstić information content (AvgIpc) is 2.61. The number of anilines is 1. The molecule has 1 aromatic heterocycles. The van der Waals surface area contributed by atoms with Gasteiger partial charge in [0.25, 0.3) is 5.91 Å². The van der Waals surface area contributed by atoms with E-state index in [1.807, 2.05) is 0 Å². The molecule has 1 N–H and O–H groups in total. The molecule has 0 fully saturated rings. The molecule has 3 rings (SSSR count). The first kappa shape index (κ1) is 15.6. The standard InChI is InChI=1S/C18H15NO5/c1-22-13-8-6-12(7-9-13)19-17(20)14-10-11-4-3-5-15(23-2)16(11)24-18(14)21/h3-10H,1-2H3,(H,19,20). The monoisotopic (exact) mass is 325 g/mol. The molecule has 0 saturated heterocycles. The molecule has 24 heavy (non-hydrogen) atoms. The van der Waals surface area contributed by atoms with Gasteiger partial charge in [0.2, 0.25) is 0 Å². The van der Waals surface area contributed by atoms with Crippen LogP contribution in [-0.4, -0.2) is 20.1 Å². The summed E-state index contributed by atoms with van der Waals surface area (Å²) in [6, 6.07) is 13.5. The van der Waals surface area contributed by atoms with Crippen molar-refractivity contribution in [1.82, 2.24) is 0 Å². The van der Waals surface area contributed by atoms with Crippen LogP contribution >= 0.6 is 0 Å². The quantitative estimate of drug-likeness (QED) is 0.746. The van der Waals surface area contributed by atoms with Crippen molar-refractivity contribution in [2.45, 2.75) is 0 Å². The zero-order chi connectivity index (χ0) is 17.1. The van der Waals surface area contributed by atoms with Gasteiger partial charge < -0.3 is 19.2 Å². The Hall–Kier alpha value is -3.28. The van der Waals surface area contributed by atoms with E-state index in [9.17, 15) is 9.59 Å². The summed E-state index contributed by atoms with van der Waals surface area (Å²) in [7, 11) is 3.04. The van der Waals surface area contributed by atoms with E-state index in [2.05, 4.69) is 5.32 Å². The number of carbonyl (C=O) groups is 1. The lowest BCUT2D eigenvalue weighted by Gasteiger charge is -2.07. The van der Waals surface area contributed by atoms with E-state index in [4.69, 9.17) is 13.9 Å². The van der Waals surface area contributed by atoms with Gasteiger partial charge >= 0.3 is 5.63 Å². The van der Waals surface area contributed by atoms with Crippen molar-refractivity contribution in [1.29, 1.82) is 0 Å².